The number of nitrogens with one attached hydrogen (secondary N) is 2. The van der Waals surface area contributed by atoms with Crippen molar-refractivity contribution in [1.29, 1.82) is 0 Å². The van der Waals surface area contributed by atoms with Gasteiger partial charge in [-0.1, -0.05) is 11.6 Å². The molecule has 0 aromatic carbocycles. The fourth-order valence-electron chi connectivity index (χ4n) is 1.67. The van der Waals surface area contributed by atoms with Crippen LogP contribution in [-0.4, -0.2) is 22.6 Å². The summed E-state index contributed by atoms with van der Waals surface area (Å²) in [5.74, 6) is 0.533. The quantitative estimate of drug-likeness (QED) is 0.730. The molecule has 1 aliphatic heterocycles. The van der Waals surface area contributed by atoms with E-state index in [2.05, 4.69) is 10.3 Å². The zero-order chi connectivity index (χ0) is 9.26. The molecule has 2 N–H and O–H groups in total. The van der Waals surface area contributed by atoms with E-state index in [9.17, 15) is 4.79 Å². The molecule has 2 rings (SSSR count). The molecule has 72 valence electrons. The summed E-state index contributed by atoms with van der Waals surface area (Å²) in [6.45, 7) is 2.74. The van der Waals surface area contributed by atoms with Crippen molar-refractivity contribution >= 4 is 11.6 Å². The molecule has 1 saturated heterocycles. The third-order valence-corrected chi connectivity index (χ3v) is 2.73. The summed E-state index contributed by atoms with van der Waals surface area (Å²) in [6.07, 6.45) is 2.65. The molecule has 5 heteroatoms. The smallest absolute Gasteiger partial charge is 0.316 e. The lowest BCUT2D eigenvalue weighted by Crippen LogP contribution is -2.23. The Labute approximate surface area is 80.9 Å². The number of hydrogen-bond donors (Lipinski definition) is 2. The topological polar surface area (TPSA) is 49.8 Å². The first kappa shape index (κ1) is 8.84. The summed E-state index contributed by atoms with van der Waals surface area (Å²) < 4.78 is 1.58. The maximum atomic E-state index is 11.2. The third kappa shape index (κ3) is 1.78. The van der Waals surface area contributed by atoms with Gasteiger partial charge in [-0.25, -0.2) is 4.79 Å². The second kappa shape index (κ2) is 3.55. The van der Waals surface area contributed by atoms with Crippen LogP contribution in [0.15, 0.2) is 11.0 Å². The van der Waals surface area contributed by atoms with Crippen LogP contribution >= 0.6 is 11.6 Å². The van der Waals surface area contributed by atoms with Gasteiger partial charge in [0.15, 0.2) is 0 Å². The Bertz CT molecular complexity index is 337. The summed E-state index contributed by atoms with van der Waals surface area (Å²) in [5.41, 5.74) is -0.114. The van der Waals surface area contributed by atoms with Crippen molar-refractivity contribution in [2.45, 2.75) is 13.0 Å². The largest absolute Gasteiger partial charge is 0.326 e. The molecule has 1 aliphatic rings. The van der Waals surface area contributed by atoms with Crippen molar-refractivity contribution in [3.05, 3.63) is 21.8 Å². The molecule has 0 bridgehead atoms. The highest BCUT2D eigenvalue weighted by atomic mass is 35.5. The van der Waals surface area contributed by atoms with Crippen LogP contribution in [0.5, 0.6) is 0 Å². The maximum absolute atomic E-state index is 11.2. The first-order chi connectivity index (χ1) is 6.27. The van der Waals surface area contributed by atoms with Crippen LogP contribution in [0, 0.1) is 5.92 Å². The molecular weight excluding hydrogens is 190 g/mol. The number of imidazole rings is 1. The third-order valence-electron chi connectivity index (χ3n) is 2.42. The molecule has 1 atom stereocenters. The molecule has 4 nitrogen and oxygen atoms in total. The Morgan fingerprint density at radius 3 is 3.08 bits per heavy atom. The molecule has 2 heterocycles. The summed E-state index contributed by atoms with van der Waals surface area (Å²) >= 11 is 5.83. The van der Waals surface area contributed by atoms with Crippen LogP contribution in [-0.2, 0) is 6.54 Å². The average Bonchev–Trinajstić information content (AvgIpc) is 2.70. The van der Waals surface area contributed by atoms with Crippen LogP contribution in [0.4, 0.5) is 0 Å². The Kier molecular flexibility index (Phi) is 2.42. The summed E-state index contributed by atoms with van der Waals surface area (Å²) in [5, 5.41) is 3.75. The predicted octanol–water partition coefficient (Wildman–Crippen LogP) is 0.439. The van der Waals surface area contributed by atoms with E-state index in [-0.39, 0.29) is 5.69 Å². The maximum Gasteiger partial charge on any atom is 0.326 e. The molecule has 1 aromatic rings. The normalized spacial score (nSPS) is 22.4. The second-order valence-electron chi connectivity index (χ2n) is 3.39. The van der Waals surface area contributed by atoms with Gasteiger partial charge in [0.05, 0.1) is 0 Å². The van der Waals surface area contributed by atoms with Gasteiger partial charge in [-0.3, -0.25) is 4.57 Å². The number of hydrogen-bond acceptors (Lipinski definition) is 2. The van der Waals surface area contributed by atoms with Crippen LogP contribution in [0.2, 0.25) is 5.15 Å². The van der Waals surface area contributed by atoms with Gasteiger partial charge in [-0.15, -0.1) is 0 Å². The fraction of sp³-hybridized carbons (Fsp3) is 0.625. The number of H-pyrrole nitrogens is 1. The number of aromatic amines is 1. The fourth-order valence-corrected chi connectivity index (χ4v) is 1.87. The SMILES string of the molecule is O=c1[nH]cc(Cl)n1CC1CCNC1. The van der Waals surface area contributed by atoms with E-state index in [1.54, 1.807) is 4.57 Å². The van der Waals surface area contributed by atoms with Crippen molar-refractivity contribution in [2.24, 2.45) is 5.92 Å². The highest BCUT2D eigenvalue weighted by Gasteiger charge is 2.16. The molecule has 0 spiro atoms. The van der Waals surface area contributed by atoms with Crippen molar-refractivity contribution < 1.29 is 0 Å². The Hall–Kier alpha value is -0.740. The highest BCUT2D eigenvalue weighted by molar-refractivity contribution is 6.29. The van der Waals surface area contributed by atoms with Crippen LogP contribution in [0.25, 0.3) is 0 Å². The lowest BCUT2D eigenvalue weighted by molar-refractivity contribution is 0.473. The van der Waals surface area contributed by atoms with E-state index in [1.807, 2.05) is 0 Å². The Balaban J connectivity index is 2.12. The number of rotatable bonds is 2. The van der Waals surface area contributed by atoms with Gasteiger partial charge in [-0.2, -0.15) is 0 Å². The van der Waals surface area contributed by atoms with Gasteiger partial charge in [0.2, 0.25) is 0 Å². The van der Waals surface area contributed by atoms with E-state index in [0.29, 0.717) is 17.6 Å². The minimum absolute atomic E-state index is 0.114. The molecule has 0 aliphatic carbocycles. The zero-order valence-electron chi connectivity index (χ0n) is 7.22. The first-order valence-electron chi connectivity index (χ1n) is 4.42. The second-order valence-corrected chi connectivity index (χ2v) is 3.77. The van der Waals surface area contributed by atoms with Gasteiger partial charge in [-0.05, 0) is 25.4 Å². The lowest BCUT2D eigenvalue weighted by Gasteiger charge is -2.08. The Morgan fingerprint density at radius 1 is 1.69 bits per heavy atom. The highest BCUT2D eigenvalue weighted by Crippen LogP contribution is 2.12. The molecule has 1 fully saturated rings. The van der Waals surface area contributed by atoms with Crippen molar-refractivity contribution in [3.8, 4) is 0 Å². The first-order valence-corrected chi connectivity index (χ1v) is 4.79. The van der Waals surface area contributed by atoms with Crippen molar-refractivity contribution in [3.63, 3.8) is 0 Å². The number of nitrogens with zero attached hydrogens (tertiary/aromatic N) is 1. The van der Waals surface area contributed by atoms with Gasteiger partial charge in [0, 0.05) is 12.7 Å². The van der Waals surface area contributed by atoms with Crippen molar-refractivity contribution in [2.75, 3.05) is 13.1 Å². The van der Waals surface area contributed by atoms with Crippen LogP contribution in [0.1, 0.15) is 6.42 Å². The van der Waals surface area contributed by atoms with Gasteiger partial charge < -0.3 is 10.3 Å². The van der Waals surface area contributed by atoms with E-state index < -0.39 is 0 Å². The monoisotopic (exact) mass is 201 g/mol. The van der Waals surface area contributed by atoms with E-state index in [4.69, 9.17) is 11.6 Å². The van der Waals surface area contributed by atoms with Crippen LogP contribution in [0.3, 0.4) is 0 Å². The molecular formula is C8H12ClN3O. The lowest BCUT2D eigenvalue weighted by atomic mass is 10.1. The minimum atomic E-state index is -0.114. The standard InChI is InChI=1S/C8H12ClN3O/c9-7-4-11-8(13)12(7)5-6-1-2-10-3-6/h4,6,10H,1-3,5H2,(H,11,13). The van der Waals surface area contributed by atoms with Gasteiger partial charge in [0.1, 0.15) is 5.15 Å². The molecule has 0 radical (unpaired) electrons. The van der Waals surface area contributed by atoms with Crippen molar-refractivity contribution in [1.82, 2.24) is 14.9 Å². The van der Waals surface area contributed by atoms with E-state index >= 15 is 0 Å². The molecule has 13 heavy (non-hydrogen) atoms. The summed E-state index contributed by atoms with van der Waals surface area (Å²) in [7, 11) is 0. The Morgan fingerprint density at radius 2 is 2.54 bits per heavy atom. The van der Waals surface area contributed by atoms with Crippen LogP contribution < -0.4 is 11.0 Å². The number of aromatic nitrogens is 2. The molecule has 0 amide bonds. The molecule has 1 unspecified atom stereocenters. The van der Waals surface area contributed by atoms with E-state index in [0.717, 1.165) is 19.5 Å². The predicted molar refractivity (Wildman–Crippen MR) is 51.0 cm³/mol. The summed E-state index contributed by atoms with van der Waals surface area (Å²) in [4.78, 5) is 13.8. The van der Waals surface area contributed by atoms with Gasteiger partial charge >= 0.3 is 5.69 Å². The number of halogens is 1. The minimum Gasteiger partial charge on any atom is -0.316 e. The average molecular weight is 202 g/mol. The van der Waals surface area contributed by atoms with E-state index in [1.165, 1.54) is 6.20 Å². The zero-order valence-corrected chi connectivity index (χ0v) is 7.97. The molecule has 1 aromatic heterocycles. The summed E-state index contributed by atoms with van der Waals surface area (Å²) in [6, 6.07) is 0. The van der Waals surface area contributed by atoms with Gasteiger partial charge in [0.25, 0.3) is 0 Å². The molecule has 0 saturated carbocycles.